The largest absolute Gasteiger partial charge is 0.463 e. The molecule has 0 aliphatic heterocycles. The van der Waals surface area contributed by atoms with Crippen molar-refractivity contribution in [2.45, 2.75) is 33.2 Å². The Hall–Kier alpha value is -2.51. The van der Waals surface area contributed by atoms with Crippen LogP contribution in [0.3, 0.4) is 0 Å². The topological polar surface area (TPSA) is 95.4 Å². The van der Waals surface area contributed by atoms with Crippen LogP contribution in [0.1, 0.15) is 25.3 Å². The van der Waals surface area contributed by atoms with Gasteiger partial charge >= 0.3 is 5.97 Å². The molecule has 0 bridgehead atoms. The van der Waals surface area contributed by atoms with E-state index in [-0.39, 0.29) is 11.3 Å². The molecule has 0 saturated carbocycles. The maximum atomic E-state index is 12.7. The van der Waals surface area contributed by atoms with Gasteiger partial charge < -0.3 is 14.9 Å². The average molecular weight is 372 g/mol. The monoisotopic (exact) mass is 372 g/mol. The lowest BCUT2D eigenvalue weighted by Gasteiger charge is -2.16. The average Bonchev–Trinajstić information content (AvgIpc) is 3.06. The molecule has 0 aliphatic carbocycles. The number of carbonyl (C=O) groups excluding carboxylic acids is 1. The first-order valence-corrected chi connectivity index (χ1v) is 9.24. The molecule has 7 heteroatoms. The summed E-state index contributed by atoms with van der Waals surface area (Å²) in [5.74, 6) is -0.192. The number of thiazole rings is 1. The van der Waals surface area contributed by atoms with Gasteiger partial charge in [-0.1, -0.05) is 20.3 Å². The van der Waals surface area contributed by atoms with E-state index in [4.69, 9.17) is 14.9 Å². The molecule has 0 aliphatic rings. The van der Waals surface area contributed by atoms with Gasteiger partial charge in [0.05, 0.1) is 21.7 Å². The predicted octanol–water partition coefficient (Wildman–Crippen LogP) is 3.50. The highest BCUT2D eigenvalue weighted by Crippen LogP contribution is 2.24. The van der Waals surface area contributed by atoms with Crippen LogP contribution in [-0.4, -0.2) is 17.0 Å². The molecule has 2 unspecified atom stereocenters. The van der Waals surface area contributed by atoms with Gasteiger partial charge in [-0.15, -0.1) is 11.3 Å². The van der Waals surface area contributed by atoms with Crippen LogP contribution in [0.15, 0.2) is 39.1 Å². The zero-order chi connectivity index (χ0) is 18.8. The lowest BCUT2D eigenvalue weighted by Crippen LogP contribution is -2.39. The minimum atomic E-state index is -0.696. The van der Waals surface area contributed by atoms with Gasteiger partial charge in [0.1, 0.15) is 23.6 Å². The summed E-state index contributed by atoms with van der Waals surface area (Å²) in [7, 11) is 0. The van der Waals surface area contributed by atoms with Gasteiger partial charge in [-0.05, 0) is 25.0 Å². The highest BCUT2D eigenvalue weighted by molar-refractivity contribution is 7.09. The summed E-state index contributed by atoms with van der Waals surface area (Å²) in [6.07, 6.45) is 2.16. The van der Waals surface area contributed by atoms with Gasteiger partial charge in [0.25, 0.3) is 0 Å². The van der Waals surface area contributed by atoms with Crippen LogP contribution in [-0.2, 0) is 4.79 Å². The van der Waals surface area contributed by atoms with Crippen LogP contribution in [0.25, 0.3) is 22.2 Å². The van der Waals surface area contributed by atoms with E-state index in [1.165, 1.54) is 23.7 Å². The van der Waals surface area contributed by atoms with E-state index in [2.05, 4.69) is 4.98 Å². The maximum Gasteiger partial charge on any atom is 0.328 e. The second-order valence-corrected chi connectivity index (χ2v) is 7.28. The minimum absolute atomic E-state index is 0.0185. The van der Waals surface area contributed by atoms with E-state index >= 15 is 0 Å². The molecule has 2 heterocycles. The third kappa shape index (κ3) is 3.54. The van der Waals surface area contributed by atoms with E-state index in [0.717, 1.165) is 11.4 Å². The summed E-state index contributed by atoms with van der Waals surface area (Å²) in [5, 5.41) is 3.10. The van der Waals surface area contributed by atoms with E-state index in [1.54, 1.807) is 12.1 Å². The molecule has 136 valence electrons. The summed E-state index contributed by atoms with van der Waals surface area (Å²) in [5.41, 5.74) is 7.06. The van der Waals surface area contributed by atoms with Crippen molar-refractivity contribution >= 4 is 28.3 Å². The highest BCUT2D eigenvalue weighted by Gasteiger charge is 2.22. The Morgan fingerprint density at radius 1 is 1.42 bits per heavy atom. The summed E-state index contributed by atoms with van der Waals surface area (Å²) in [6.45, 7) is 5.73. The van der Waals surface area contributed by atoms with Crippen LogP contribution in [0.2, 0.25) is 0 Å². The Bertz CT molecular complexity index is 1010. The first-order chi connectivity index (χ1) is 12.4. The first-order valence-electron chi connectivity index (χ1n) is 8.36. The molecule has 0 saturated heterocycles. The summed E-state index contributed by atoms with van der Waals surface area (Å²) in [6, 6.07) is 3.98. The molecule has 0 spiro atoms. The van der Waals surface area contributed by atoms with Gasteiger partial charge in [0.15, 0.2) is 0 Å². The van der Waals surface area contributed by atoms with Crippen LogP contribution >= 0.6 is 11.3 Å². The van der Waals surface area contributed by atoms with Gasteiger partial charge in [0.2, 0.25) is 5.43 Å². The SMILES string of the molecule is CCC(C)C(N)C(=O)Oc1ccc2c(=O)c(-c3csc(C)n3)coc2c1. The second-order valence-electron chi connectivity index (χ2n) is 6.22. The van der Waals surface area contributed by atoms with Gasteiger partial charge in [-0.25, -0.2) is 9.78 Å². The number of nitrogens with zero attached hydrogens (tertiary/aromatic N) is 1. The Kier molecular flexibility index (Phi) is 5.20. The third-order valence-corrected chi connectivity index (χ3v) is 5.16. The molecule has 26 heavy (non-hydrogen) atoms. The fraction of sp³-hybridized carbons (Fsp3) is 0.316. The second kappa shape index (κ2) is 7.39. The number of fused-ring (bicyclic) bond motifs is 1. The van der Waals surface area contributed by atoms with Crippen molar-refractivity contribution in [3.63, 3.8) is 0 Å². The number of aryl methyl sites for hydroxylation is 1. The Morgan fingerprint density at radius 2 is 2.19 bits per heavy atom. The quantitative estimate of drug-likeness (QED) is 0.544. The van der Waals surface area contributed by atoms with Gasteiger partial charge in [0, 0.05) is 11.4 Å². The predicted molar refractivity (Wildman–Crippen MR) is 101 cm³/mol. The van der Waals surface area contributed by atoms with Crippen molar-refractivity contribution in [1.29, 1.82) is 0 Å². The van der Waals surface area contributed by atoms with Crippen molar-refractivity contribution in [3.8, 4) is 17.0 Å². The highest BCUT2D eigenvalue weighted by atomic mass is 32.1. The molecule has 1 aromatic carbocycles. The Labute approximate surface area is 154 Å². The summed E-state index contributed by atoms with van der Waals surface area (Å²) < 4.78 is 10.9. The maximum absolute atomic E-state index is 12.7. The molecular weight excluding hydrogens is 352 g/mol. The molecule has 3 aromatic rings. The Balaban J connectivity index is 1.91. The number of nitrogens with two attached hydrogens (primary N) is 1. The van der Waals surface area contributed by atoms with Crippen molar-refractivity contribution in [2.75, 3.05) is 0 Å². The molecule has 2 atom stereocenters. The van der Waals surface area contributed by atoms with E-state index in [0.29, 0.717) is 28.0 Å². The molecule has 2 aromatic heterocycles. The zero-order valence-corrected chi connectivity index (χ0v) is 15.6. The smallest absolute Gasteiger partial charge is 0.328 e. The lowest BCUT2D eigenvalue weighted by atomic mass is 10.0. The van der Waals surface area contributed by atoms with E-state index in [1.807, 2.05) is 26.2 Å². The van der Waals surface area contributed by atoms with Gasteiger partial charge in [-0.3, -0.25) is 4.79 Å². The van der Waals surface area contributed by atoms with Crippen LogP contribution in [0, 0.1) is 12.8 Å². The fourth-order valence-corrected chi connectivity index (χ4v) is 3.12. The lowest BCUT2D eigenvalue weighted by molar-refractivity contribution is -0.137. The third-order valence-electron chi connectivity index (χ3n) is 4.39. The fourth-order valence-electron chi connectivity index (χ4n) is 2.51. The standard InChI is InChI=1S/C19H20N2O4S/c1-4-10(2)17(20)19(23)25-12-5-6-13-16(7-12)24-8-14(18(13)22)15-9-26-11(3)21-15/h5-10,17H,4,20H2,1-3H3. The number of hydrogen-bond donors (Lipinski definition) is 1. The first kappa shape index (κ1) is 18.3. The van der Waals surface area contributed by atoms with Crippen molar-refractivity contribution in [1.82, 2.24) is 4.98 Å². The molecule has 6 nitrogen and oxygen atoms in total. The van der Waals surface area contributed by atoms with Crippen LogP contribution < -0.4 is 15.9 Å². The number of carbonyl (C=O) groups is 1. The van der Waals surface area contributed by atoms with Crippen LogP contribution in [0.4, 0.5) is 0 Å². The number of benzene rings is 1. The van der Waals surface area contributed by atoms with Crippen LogP contribution in [0.5, 0.6) is 5.75 Å². The van der Waals surface area contributed by atoms with E-state index in [9.17, 15) is 9.59 Å². The molecule has 0 amide bonds. The normalized spacial score (nSPS) is 13.5. The summed E-state index contributed by atoms with van der Waals surface area (Å²) in [4.78, 5) is 29.1. The molecule has 0 radical (unpaired) electrons. The molecule has 3 rings (SSSR count). The van der Waals surface area contributed by atoms with Crippen molar-refractivity contribution < 1.29 is 13.9 Å². The molecule has 2 N–H and O–H groups in total. The number of aromatic nitrogens is 1. The number of rotatable bonds is 5. The summed E-state index contributed by atoms with van der Waals surface area (Å²) >= 11 is 1.47. The van der Waals surface area contributed by atoms with E-state index < -0.39 is 12.0 Å². The molecule has 0 fully saturated rings. The molecular formula is C19H20N2O4S. The zero-order valence-electron chi connectivity index (χ0n) is 14.8. The minimum Gasteiger partial charge on any atom is -0.463 e. The number of esters is 1. The van der Waals surface area contributed by atoms with Crippen molar-refractivity contribution in [3.05, 3.63) is 45.1 Å². The van der Waals surface area contributed by atoms with Crippen molar-refractivity contribution in [2.24, 2.45) is 11.7 Å². The number of hydrogen-bond acceptors (Lipinski definition) is 7. The Morgan fingerprint density at radius 3 is 2.85 bits per heavy atom. The number of ether oxygens (including phenoxy) is 1. The van der Waals surface area contributed by atoms with Gasteiger partial charge in [-0.2, -0.15) is 0 Å².